The summed E-state index contributed by atoms with van der Waals surface area (Å²) in [5.41, 5.74) is 7.64. The smallest absolute Gasteiger partial charge is 0.238 e. The Morgan fingerprint density at radius 1 is 1.42 bits per heavy atom. The van der Waals surface area contributed by atoms with Crippen molar-refractivity contribution in [2.45, 2.75) is 19.8 Å². The molecule has 1 aromatic carbocycles. The highest BCUT2D eigenvalue weighted by atomic mass is 16.2. The first-order valence-corrected chi connectivity index (χ1v) is 6.96. The van der Waals surface area contributed by atoms with Crippen LogP contribution in [-0.4, -0.2) is 37.0 Å². The van der Waals surface area contributed by atoms with Crippen molar-refractivity contribution >= 4 is 11.6 Å². The van der Waals surface area contributed by atoms with Gasteiger partial charge in [0.25, 0.3) is 0 Å². The number of nitrogens with two attached hydrogens (primary N) is 1. The third-order valence-corrected chi connectivity index (χ3v) is 3.65. The number of hydrogen-bond donors (Lipinski definition) is 2. The molecule has 1 aliphatic rings. The van der Waals surface area contributed by atoms with Crippen LogP contribution < -0.4 is 11.1 Å². The molecule has 0 spiro atoms. The fraction of sp³-hybridized carbons (Fsp3) is 0.533. The van der Waals surface area contributed by atoms with E-state index in [2.05, 4.69) is 10.2 Å². The Kier molecular flexibility index (Phi) is 4.93. The van der Waals surface area contributed by atoms with Gasteiger partial charge in [-0.1, -0.05) is 17.7 Å². The number of likely N-dealkylation sites (tertiary alicyclic amines) is 1. The van der Waals surface area contributed by atoms with Crippen molar-refractivity contribution < 1.29 is 4.79 Å². The lowest BCUT2D eigenvalue weighted by Crippen LogP contribution is -2.31. The standard InChI is InChI=1S/C15H23N3O/c1-12-2-4-14(5-3-12)17-15(19)11-18-9-7-13(10-18)6-8-16/h2-5,13H,6-11,16H2,1H3,(H,17,19). The van der Waals surface area contributed by atoms with E-state index in [9.17, 15) is 4.79 Å². The molecule has 1 unspecified atom stereocenters. The average molecular weight is 261 g/mol. The van der Waals surface area contributed by atoms with Crippen molar-refractivity contribution in [1.82, 2.24) is 4.90 Å². The van der Waals surface area contributed by atoms with E-state index in [0.717, 1.165) is 38.2 Å². The van der Waals surface area contributed by atoms with E-state index in [0.29, 0.717) is 12.5 Å². The molecule has 0 bridgehead atoms. The van der Waals surface area contributed by atoms with E-state index in [1.807, 2.05) is 31.2 Å². The molecule has 1 heterocycles. The van der Waals surface area contributed by atoms with Crippen LogP contribution in [0.5, 0.6) is 0 Å². The van der Waals surface area contributed by atoms with Crippen molar-refractivity contribution in [2.24, 2.45) is 11.7 Å². The van der Waals surface area contributed by atoms with Gasteiger partial charge in [-0.15, -0.1) is 0 Å². The normalized spacial score (nSPS) is 19.6. The molecule has 4 heteroatoms. The summed E-state index contributed by atoms with van der Waals surface area (Å²) in [4.78, 5) is 14.2. The van der Waals surface area contributed by atoms with Gasteiger partial charge >= 0.3 is 0 Å². The molecule has 1 saturated heterocycles. The lowest BCUT2D eigenvalue weighted by atomic mass is 10.1. The van der Waals surface area contributed by atoms with Gasteiger partial charge in [0.05, 0.1) is 6.54 Å². The lowest BCUT2D eigenvalue weighted by molar-refractivity contribution is -0.117. The van der Waals surface area contributed by atoms with E-state index in [1.165, 1.54) is 5.56 Å². The van der Waals surface area contributed by atoms with Gasteiger partial charge in [-0.2, -0.15) is 0 Å². The number of amides is 1. The predicted octanol–water partition coefficient (Wildman–Crippen LogP) is 1.60. The first-order chi connectivity index (χ1) is 9.17. The Bertz CT molecular complexity index is 416. The van der Waals surface area contributed by atoms with Crippen LogP contribution >= 0.6 is 0 Å². The summed E-state index contributed by atoms with van der Waals surface area (Å²) in [6, 6.07) is 7.88. The third-order valence-electron chi connectivity index (χ3n) is 3.65. The zero-order valence-corrected chi connectivity index (χ0v) is 11.6. The maximum absolute atomic E-state index is 11.9. The van der Waals surface area contributed by atoms with Crippen molar-refractivity contribution in [1.29, 1.82) is 0 Å². The van der Waals surface area contributed by atoms with Gasteiger partial charge in [0.15, 0.2) is 0 Å². The highest BCUT2D eigenvalue weighted by molar-refractivity contribution is 5.92. The number of carbonyl (C=O) groups excluding carboxylic acids is 1. The minimum atomic E-state index is 0.0669. The minimum absolute atomic E-state index is 0.0669. The maximum Gasteiger partial charge on any atom is 0.238 e. The number of anilines is 1. The molecule has 1 atom stereocenters. The summed E-state index contributed by atoms with van der Waals surface area (Å²) in [6.45, 7) is 5.26. The number of hydrogen-bond acceptors (Lipinski definition) is 3. The second-order valence-electron chi connectivity index (χ2n) is 5.38. The maximum atomic E-state index is 11.9. The summed E-state index contributed by atoms with van der Waals surface area (Å²) in [5, 5.41) is 2.94. The van der Waals surface area contributed by atoms with Crippen LogP contribution in [0.1, 0.15) is 18.4 Å². The molecule has 0 saturated carbocycles. The zero-order valence-electron chi connectivity index (χ0n) is 11.6. The van der Waals surface area contributed by atoms with Crippen molar-refractivity contribution in [3.05, 3.63) is 29.8 Å². The molecule has 1 aliphatic heterocycles. The summed E-state index contributed by atoms with van der Waals surface area (Å²) in [6.07, 6.45) is 2.23. The van der Waals surface area contributed by atoms with E-state index >= 15 is 0 Å². The molecule has 0 aliphatic carbocycles. The van der Waals surface area contributed by atoms with Crippen LogP contribution in [0, 0.1) is 12.8 Å². The van der Waals surface area contributed by atoms with E-state index in [-0.39, 0.29) is 5.91 Å². The number of rotatable bonds is 5. The van der Waals surface area contributed by atoms with Gasteiger partial charge in [-0.05, 0) is 50.9 Å². The van der Waals surface area contributed by atoms with Crippen molar-refractivity contribution in [2.75, 3.05) is 31.5 Å². The molecule has 0 aromatic heterocycles. The SMILES string of the molecule is Cc1ccc(NC(=O)CN2CCC(CCN)C2)cc1. The van der Waals surface area contributed by atoms with Gasteiger partial charge in [-0.3, -0.25) is 9.69 Å². The molecular formula is C15H23N3O. The number of nitrogens with one attached hydrogen (secondary N) is 1. The first kappa shape index (κ1) is 14.0. The Balaban J connectivity index is 1.77. The van der Waals surface area contributed by atoms with Gasteiger partial charge in [0.1, 0.15) is 0 Å². The van der Waals surface area contributed by atoms with Gasteiger partial charge in [-0.25, -0.2) is 0 Å². The fourth-order valence-corrected chi connectivity index (χ4v) is 2.57. The molecular weight excluding hydrogens is 238 g/mol. The molecule has 3 N–H and O–H groups in total. The minimum Gasteiger partial charge on any atom is -0.330 e. The van der Waals surface area contributed by atoms with Crippen LogP contribution in [0.25, 0.3) is 0 Å². The second kappa shape index (κ2) is 6.68. The highest BCUT2D eigenvalue weighted by Gasteiger charge is 2.23. The molecule has 1 amide bonds. The molecule has 1 aromatic rings. The summed E-state index contributed by atoms with van der Waals surface area (Å²) >= 11 is 0. The molecule has 104 valence electrons. The fourth-order valence-electron chi connectivity index (χ4n) is 2.57. The lowest BCUT2D eigenvalue weighted by Gasteiger charge is -2.15. The topological polar surface area (TPSA) is 58.4 Å². The summed E-state index contributed by atoms with van der Waals surface area (Å²) < 4.78 is 0. The number of carbonyl (C=O) groups is 1. The molecule has 0 radical (unpaired) electrons. The average Bonchev–Trinajstić information content (AvgIpc) is 2.80. The van der Waals surface area contributed by atoms with Gasteiger partial charge in [0, 0.05) is 12.2 Å². The predicted molar refractivity (Wildman–Crippen MR) is 78.0 cm³/mol. The number of nitrogens with zero attached hydrogens (tertiary/aromatic N) is 1. The quantitative estimate of drug-likeness (QED) is 0.846. The number of benzene rings is 1. The van der Waals surface area contributed by atoms with Crippen molar-refractivity contribution in [3.63, 3.8) is 0 Å². The van der Waals surface area contributed by atoms with Crippen LogP contribution in [0.15, 0.2) is 24.3 Å². The molecule has 19 heavy (non-hydrogen) atoms. The largest absolute Gasteiger partial charge is 0.330 e. The summed E-state index contributed by atoms with van der Waals surface area (Å²) in [5.74, 6) is 0.731. The Morgan fingerprint density at radius 3 is 2.84 bits per heavy atom. The molecule has 2 rings (SSSR count). The van der Waals surface area contributed by atoms with E-state index in [4.69, 9.17) is 5.73 Å². The van der Waals surface area contributed by atoms with Gasteiger partial charge in [0.2, 0.25) is 5.91 Å². The Labute approximate surface area is 115 Å². The molecule has 1 fully saturated rings. The zero-order chi connectivity index (χ0) is 13.7. The van der Waals surface area contributed by atoms with Gasteiger partial charge < -0.3 is 11.1 Å². The van der Waals surface area contributed by atoms with Crippen molar-refractivity contribution in [3.8, 4) is 0 Å². The van der Waals surface area contributed by atoms with Crippen LogP contribution in [0.2, 0.25) is 0 Å². The Morgan fingerprint density at radius 2 is 2.16 bits per heavy atom. The summed E-state index contributed by atoms with van der Waals surface area (Å²) in [7, 11) is 0. The molecule has 4 nitrogen and oxygen atoms in total. The number of aryl methyl sites for hydroxylation is 1. The van der Waals surface area contributed by atoms with E-state index < -0.39 is 0 Å². The van der Waals surface area contributed by atoms with E-state index in [1.54, 1.807) is 0 Å². The second-order valence-corrected chi connectivity index (χ2v) is 5.38. The van der Waals surface area contributed by atoms with Crippen LogP contribution in [-0.2, 0) is 4.79 Å². The first-order valence-electron chi connectivity index (χ1n) is 6.96. The third kappa shape index (κ3) is 4.33. The van der Waals surface area contributed by atoms with Crippen LogP contribution in [0.4, 0.5) is 5.69 Å². The van der Waals surface area contributed by atoms with Crippen LogP contribution in [0.3, 0.4) is 0 Å². The Hall–Kier alpha value is -1.39. The monoisotopic (exact) mass is 261 g/mol. The highest BCUT2D eigenvalue weighted by Crippen LogP contribution is 2.18.